The molecule has 0 amide bonds. The van der Waals surface area contributed by atoms with Crippen molar-refractivity contribution in [1.29, 1.82) is 0 Å². The molecule has 1 aromatic heterocycles. The molecule has 0 radical (unpaired) electrons. The lowest BCUT2D eigenvalue weighted by molar-refractivity contribution is 0.306. The van der Waals surface area contributed by atoms with E-state index in [1.54, 1.807) is 48.5 Å². The molecule has 0 aliphatic carbocycles. The smallest absolute Gasteiger partial charge is 0.283 e. The van der Waals surface area contributed by atoms with E-state index in [9.17, 15) is 8.42 Å². The SMILES string of the molecule is O=S(=O)(c1ccc(Cl)c(Cl)c1)n1ccc(-c2ccc(OCc3ccc(Cl)cc3Cl)cc2)n1. The van der Waals surface area contributed by atoms with Crippen LogP contribution in [0.1, 0.15) is 5.56 Å². The Morgan fingerprint density at radius 2 is 1.56 bits per heavy atom. The van der Waals surface area contributed by atoms with Gasteiger partial charge in [0.15, 0.2) is 0 Å². The summed E-state index contributed by atoms with van der Waals surface area (Å²) in [7, 11) is -3.90. The maximum Gasteiger partial charge on any atom is 0.283 e. The minimum atomic E-state index is -3.90. The Hall–Kier alpha value is -2.22. The van der Waals surface area contributed by atoms with E-state index in [0.29, 0.717) is 21.5 Å². The van der Waals surface area contributed by atoms with Crippen molar-refractivity contribution < 1.29 is 13.2 Å². The summed E-state index contributed by atoms with van der Waals surface area (Å²) in [5.41, 5.74) is 2.03. The van der Waals surface area contributed by atoms with Crippen molar-refractivity contribution in [2.24, 2.45) is 0 Å². The molecule has 10 heteroatoms. The van der Waals surface area contributed by atoms with Crippen LogP contribution in [0.25, 0.3) is 11.3 Å². The fourth-order valence-electron chi connectivity index (χ4n) is 2.86. The highest BCUT2D eigenvalue weighted by Gasteiger charge is 2.19. The Labute approximate surface area is 205 Å². The standard InChI is InChI=1S/C22H14Cl4N2O3S/c23-16-4-1-15(20(25)11-16)13-31-17-5-2-14(3-6-17)22-9-10-28(27-22)32(29,30)18-7-8-19(24)21(26)12-18/h1-12H,13H2. The second-order valence-corrected chi connectivity index (χ2v) is 10.2. The normalized spacial score (nSPS) is 11.5. The quantitative estimate of drug-likeness (QED) is 0.271. The van der Waals surface area contributed by atoms with Gasteiger partial charge in [0.05, 0.1) is 20.6 Å². The third-order valence-corrected chi connectivity index (χ3v) is 7.43. The Morgan fingerprint density at radius 3 is 2.25 bits per heavy atom. The lowest BCUT2D eigenvalue weighted by atomic mass is 10.1. The zero-order valence-corrected chi connectivity index (χ0v) is 20.0. The second-order valence-electron chi connectivity index (χ2n) is 6.70. The third-order valence-electron chi connectivity index (χ3n) is 4.56. The van der Waals surface area contributed by atoms with Crippen molar-refractivity contribution in [2.45, 2.75) is 11.5 Å². The van der Waals surface area contributed by atoms with E-state index in [4.69, 9.17) is 51.1 Å². The van der Waals surface area contributed by atoms with Crippen LogP contribution in [0, 0.1) is 0 Å². The van der Waals surface area contributed by atoms with Crippen LogP contribution < -0.4 is 4.74 Å². The fourth-order valence-corrected chi connectivity index (χ4v) is 4.83. The molecule has 4 rings (SSSR count). The zero-order valence-electron chi connectivity index (χ0n) is 16.2. The summed E-state index contributed by atoms with van der Waals surface area (Å²) in [5.74, 6) is 0.627. The highest BCUT2D eigenvalue weighted by Crippen LogP contribution is 2.28. The van der Waals surface area contributed by atoms with Gasteiger partial charge in [-0.1, -0.05) is 52.5 Å². The van der Waals surface area contributed by atoms with E-state index < -0.39 is 10.0 Å². The Kier molecular flexibility index (Phi) is 6.70. The van der Waals surface area contributed by atoms with E-state index in [1.807, 2.05) is 0 Å². The van der Waals surface area contributed by atoms with Crippen LogP contribution in [0.15, 0.2) is 77.8 Å². The number of rotatable bonds is 6. The third kappa shape index (κ3) is 4.90. The Balaban J connectivity index is 1.50. The van der Waals surface area contributed by atoms with Crippen molar-refractivity contribution in [3.63, 3.8) is 0 Å². The molecule has 0 atom stereocenters. The van der Waals surface area contributed by atoms with Crippen LogP contribution in [0.2, 0.25) is 20.1 Å². The molecular weight excluding hydrogens is 514 g/mol. The van der Waals surface area contributed by atoms with Gasteiger partial charge < -0.3 is 4.74 Å². The average molecular weight is 528 g/mol. The van der Waals surface area contributed by atoms with Gasteiger partial charge in [-0.15, -0.1) is 0 Å². The Bertz CT molecular complexity index is 1390. The van der Waals surface area contributed by atoms with Crippen LogP contribution in [-0.2, 0) is 16.6 Å². The van der Waals surface area contributed by atoms with Gasteiger partial charge in [-0.3, -0.25) is 0 Å². The number of hydrogen-bond donors (Lipinski definition) is 0. The molecule has 0 unspecified atom stereocenters. The van der Waals surface area contributed by atoms with E-state index >= 15 is 0 Å². The lowest BCUT2D eigenvalue weighted by Crippen LogP contribution is -2.13. The first kappa shape index (κ1) is 23.0. The van der Waals surface area contributed by atoms with Crippen LogP contribution in [-0.4, -0.2) is 17.6 Å². The molecular formula is C22H14Cl4N2O3S. The molecule has 0 saturated carbocycles. The molecule has 0 saturated heterocycles. The molecule has 164 valence electrons. The van der Waals surface area contributed by atoms with Crippen molar-refractivity contribution >= 4 is 56.4 Å². The first-order valence-electron chi connectivity index (χ1n) is 9.17. The predicted octanol–water partition coefficient (Wildman–Crippen LogP) is 6.98. The molecule has 0 bridgehead atoms. The van der Waals surface area contributed by atoms with Gasteiger partial charge in [0.2, 0.25) is 0 Å². The van der Waals surface area contributed by atoms with Crippen LogP contribution in [0.3, 0.4) is 0 Å². The van der Waals surface area contributed by atoms with E-state index in [2.05, 4.69) is 5.10 Å². The van der Waals surface area contributed by atoms with Crippen molar-refractivity contribution in [3.8, 4) is 17.0 Å². The topological polar surface area (TPSA) is 61.2 Å². The maximum absolute atomic E-state index is 12.8. The highest BCUT2D eigenvalue weighted by molar-refractivity contribution is 7.89. The fraction of sp³-hybridized carbons (Fsp3) is 0.0455. The summed E-state index contributed by atoms with van der Waals surface area (Å²) >= 11 is 23.9. The van der Waals surface area contributed by atoms with Crippen molar-refractivity contribution in [1.82, 2.24) is 9.19 Å². The van der Waals surface area contributed by atoms with E-state index in [1.165, 1.54) is 24.4 Å². The van der Waals surface area contributed by atoms with Gasteiger partial charge in [-0.25, -0.2) is 0 Å². The summed E-state index contributed by atoms with van der Waals surface area (Å²) in [6.45, 7) is 0.284. The molecule has 0 aliphatic rings. The molecule has 1 heterocycles. The first-order valence-corrected chi connectivity index (χ1v) is 12.1. The lowest BCUT2D eigenvalue weighted by Gasteiger charge is -2.09. The van der Waals surface area contributed by atoms with E-state index in [-0.39, 0.29) is 21.5 Å². The summed E-state index contributed by atoms with van der Waals surface area (Å²) in [5, 5.41) is 5.71. The minimum absolute atomic E-state index is 0.00819. The van der Waals surface area contributed by atoms with Crippen molar-refractivity contribution in [2.75, 3.05) is 0 Å². The minimum Gasteiger partial charge on any atom is -0.489 e. The zero-order chi connectivity index (χ0) is 22.9. The van der Waals surface area contributed by atoms with Gasteiger partial charge >= 0.3 is 0 Å². The van der Waals surface area contributed by atoms with Gasteiger partial charge in [0.1, 0.15) is 12.4 Å². The summed E-state index contributed by atoms with van der Waals surface area (Å²) in [4.78, 5) is -0.00819. The molecule has 0 fully saturated rings. The molecule has 32 heavy (non-hydrogen) atoms. The number of hydrogen-bond acceptors (Lipinski definition) is 4. The van der Waals surface area contributed by atoms with E-state index in [0.717, 1.165) is 15.2 Å². The predicted molar refractivity (Wildman–Crippen MR) is 128 cm³/mol. The van der Waals surface area contributed by atoms with Gasteiger partial charge in [0, 0.05) is 27.4 Å². The molecule has 0 aliphatic heterocycles. The van der Waals surface area contributed by atoms with Gasteiger partial charge in [0.25, 0.3) is 10.0 Å². The monoisotopic (exact) mass is 526 g/mol. The van der Waals surface area contributed by atoms with Gasteiger partial charge in [-0.05, 0) is 60.7 Å². The highest BCUT2D eigenvalue weighted by atomic mass is 35.5. The number of aromatic nitrogens is 2. The van der Waals surface area contributed by atoms with Crippen LogP contribution in [0.4, 0.5) is 0 Å². The second kappa shape index (κ2) is 9.33. The molecule has 4 aromatic rings. The number of nitrogens with zero attached hydrogens (tertiary/aromatic N) is 2. The number of ether oxygens (including phenoxy) is 1. The molecule has 0 N–H and O–H groups in total. The summed E-state index contributed by atoms with van der Waals surface area (Å²) in [6.07, 6.45) is 1.38. The summed E-state index contributed by atoms with van der Waals surface area (Å²) in [6, 6.07) is 18.0. The largest absolute Gasteiger partial charge is 0.489 e. The number of halogens is 4. The van der Waals surface area contributed by atoms with Crippen molar-refractivity contribution in [3.05, 3.63) is 98.6 Å². The summed E-state index contributed by atoms with van der Waals surface area (Å²) < 4.78 is 32.3. The Morgan fingerprint density at radius 1 is 0.812 bits per heavy atom. The number of benzene rings is 3. The maximum atomic E-state index is 12.8. The molecule has 3 aromatic carbocycles. The van der Waals surface area contributed by atoms with Crippen LogP contribution in [0.5, 0.6) is 5.75 Å². The average Bonchev–Trinajstić information content (AvgIpc) is 3.26. The van der Waals surface area contributed by atoms with Gasteiger partial charge in [-0.2, -0.15) is 17.6 Å². The molecule has 5 nitrogen and oxygen atoms in total. The molecule has 0 spiro atoms. The van der Waals surface area contributed by atoms with Crippen LogP contribution >= 0.6 is 46.4 Å². The first-order chi connectivity index (χ1) is 15.2.